The van der Waals surface area contributed by atoms with Crippen molar-refractivity contribution >= 4 is 27.5 Å². The number of carbonyl (C=O) groups excluding carboxylic acids is 1. The molecule has 0 saturated heterocycles. The smallest absolute Gasteiger partial charge is 0.255 e. The number of phenolic OH excluding ortho intramolecular Hbond substituents is 1. The highest BCUT2D eigenvalue weighted by atomic mass is 79.9. The Balaban J connectivity index is 2.01. The summed E-state index contributed by atoms with van der Waals surface area (Å²) in [5.74, 6) is 0.261. The predicted molar refractivity (Wildman–Crippen MR) is 84.3 cm³/mol. The maximum Gasteiger partial charge on any atom is 0.255 e. The second-order valence-electron chi connectivity index (χ2n) is 4.41. The number of ether oxygens (including phenoxy) is 1. The Hall–Kier alpha value is -2.21. The molecular formula is C15H15BrN2O3. The maximum absolute atomic E-state index is 10.7. The Morgan fingerprint density at radius 1 is 1.29 bits per heavy atom. The van der Waals surface area contributed by atoms with E-state index in [0.29, 0.717) is 12.3 Å². The van der Waals surface area contributed by atoms with Gasteiger partial charge in [0.05, 0.1) is 0 Å². The van der Waals surface area contributed by atoms with Crippen molar-refractivity contribution in [3.8, 4) is 11.5 Å². The molecule has 110 valence electrons. The first-order chi connectivity index (χ1) is 10.0. The third kappa shape index (κ3) is 4.68. The number of carbonyl (C=O) groups is 1. The van der Waals surface area contributed by atoms with Gasteiger partial charge in [0, 0.05) is 28.3 Å². The minimum atomic E-state index is -0.521. The molecule has 0 aliphatic heterocycles. The molecule has 0 spiro atoms. The lowest BCUT2D eigenvalue weighted by molar-refractivity contribution is -0.119. The standard InChI is InChI=1S/C15H15BrN2O3/c16-11-4-5-14(19)10(6-11)8-18-12-2-1-3-13(7-12)21-9-15(17)20/h1-7,18-19H,8-9H2,(H2,17,20). The van der Waals surface area contributed by atoms with Crippen molar-refractivity contribution in [2.75, 3.05) is 11.9 Å². The normalized spacial score (nSPS) is 10.1. The van der Waals surface area contributed by atoms with Crippen molar-refractivity contribution in [3.05, 3.63) is 52.5 Å². The van der Waals surface area contributed by atoms with E-state index in [4.69, 9.17) is 10.5 Å². The molecule has 0 heterocycles. The van der Waals surface area contributed by atoms with E-state index in [1.54, 1.807) is 30.3 Å². The second kappa shape index (κ2) is 6.99. The largest absolute Gasteiger partial charge is 0.508 e. The van der Waals surface area contributed by atoms with Crippen LogP contribution in [-0.2, 0) is 11.3 Å². The first-order valence-corrected chi connectivity index (χ1v) is 7.06. The molecule has 5 nitrogen and oxygen atoms in total. The molecule has 6 heteroatoms. The molecule has 0 saturated carbocycles. The van der Waals surface area contributed by atoms with Crippen LogP contribution in [0.4, 0.5) is 5.69 Å². The van der Waals surface area contributed by atoms with Gasteiger partial charge in [0.25, 0.3) is 5.91 Å². The number of hydrogen-bond acceptors (Lipinski definition) is 4. The van der Waals surface area contributed by atoms with Gasteiger partial charge in [-0.2, -0.15) is 0 Å². The molecule has 0 radical (unpaired) electrons. The molecule has 0 fully saturated rings. The number of hydrogen-bond donors (Lipinski definition) is 3. The quantitative estimate of drug-likeness (QED) is 0.747. The first kappa shape index (κ1) is 15.2. The van der Waals surface area contributed by atoms with E-state index in [0.717, 1.165) is 15.7 Å². The summed E-state index contributed by atoms with van der Waals surface area (Å²) >= 11 is 3.37. The number of nitrogens with one attached hydrogen (secondary N) is 1. The van der Waals surface area contributed by atoms with E-state index in [2.05, 4.69) is 21.2 Å². The number of amides is 1. The highest BCUT2D eigenvalue weighted by molar-refractivity contribution is 9.10. The monoisotopic (exact) mass is 350 g/mol. The summed E-state index contributed by atoms with van der Waals surface area (Å²) in [6.07, 6.45) is 0. The van der Waals surface area contributed by atoms with Crippen LogP contribution in [0.1, 0.15) is 5.56 Å². The Morgan fingerprint density at radius 3 is 2.86 bits per heavy atom. The topological polar surface area (TPSA) is 84.6 Å². The van der Waals surface area contributed by atoms with Gasteiger partial charge >= 0.3 is 0 Å². The summed E-state index contributed by atoms with van der Waals surface area (Å²) in [6, 6.07) is 12.4. The van der Waals surface area contributed by atoms with Crippen LogP contribution in [0, 0.1) is 0 Å². The fraction of sp³-hybridized carbons (Fsp3) is 0.133. The molecule has 0 aliphatic carbocycles. The van der Waals surface area contributed by atoms with Gasteiger partial charge in [-0.05, 0) is 30.3 Å². The van der Waals surface area contributed by atoms with Gasteiger partial charge in [0.2, 0.25) is 0 Å². The van der Waals surface area contributed by atoms with Gasteiger partial charge in [-0.3, -0.25) is 4.79 Å². The van der Waals surface area contributed by atoms with Gasteiger partial charge in [0.1, 0.15) is 11.5 Å². The molecule has 0 atom stereocenters. The zero-order valence-corrected chi connectivity index (χ0v) is 12.8. The van der Waals surface area contributed by atoms with Gasteiger partial charge in [-0.1, -0.05) is 22.0 Å². The van der Waals surface area contributed by atoms with Crippen molar-refractivity contribution in [2.45, 2.75) is 6.54 Å². The number of aromatic hydroxyl groups is 1. The van der Waals surface area contributed by atoms with Gasteiger partial charge in [0.15, 0.2) is 6.61 Å². The van der Waals surface area contributed by atoms with Crippen LogP contribution in [0.3, 0.4) is 0 Å². The predicted octanol–water partition coefficient (Wildman–Crippen LogP) is 2.63. The Bertz CT molecular complexity index is 647. The molecule has 4 N–H and O–H groups in total. The lowest BCUT2D eigenvalue weighted by Crippen LogP contribution is -2.20. The van der Waals surface area contributed by atoms with Crippen molar-refractivity contribution < 1.29 is 14.6 Å². The number of anilines is 1. The molecular weight excluding hydrogens is 336 g/mol. The van der Waals surface area contributed by atoms with Crippen molar-refractivity contribution in [3.63, 3.8) is 0 Å². The average molecular weight is 351 g/mol. The van der Waals surface area contributed by atoms with Crippen LogP contribution in [0.5, 0.6) is 11.5 Å². The van der Waals surface area contributed by atoms with Crippen molar-refractivity contribution in [1.29, 1.82) is 0 Å². The molecule has 0 bridgehead atoms. The summed E-state index contributed by atoms with van der Waals surface area (Å²) in [5.41, 5.74) is 6.62. The lowest BCUT2D eigenvalue weighted by atomic mass is 10.2. The third-order valence-electron chi connectivity index (χ3n) is 2.74. The fourth-order valence-corrected chi connectivity index (χ4v) is 2.15. The van der Waals surface area contributed by atoms with Crippen LogP contribution >= 0.6 is 15.9 Å². The highest BCUT2D eigenvalue weighted by Crippen LogP contribution is 2.24. The van der Waals surface area contributed by atoms with Gasteiger partial charge in [-0.15, -0.1) is 0 Å². The second-order valence-corrected chi connectivity index (χ2v) is 5.33. The molecule has 2 aromatic carbocycles. The molecule has 1 amide bonds. The number of rotatable bonds is 6. The number of benzene rings is 2. The van der Waals surface area contributed by atoms with Crippen LogP contribution in [-0.4, -0.2) is 17.6 Å². The zero-order valence-electron chi connectivity index (χ0n) is 11.2. The van der Waals surface area contributed by atoms with Gasteiger partial charge < -0.3 is 20.9 Å². The molecule has 0 aromatic heterocycles. The van der Waals surface area contributed by atoms with E-state index in [9.17, 15) is 9.90 Å². The van der Waals surface area contributed by atoms with Gasteiger partial charge in [-0.25, -0.2) is 0 Å². The number of primary amides is 1. The number of halogens is 1. The maximum atomic E-state index is 10.7. The molecule has 2 rings (SSSR count). The Morgan fingerprint density at radius 2 is 2.10 bits per heavy atom. The number of nitrogens with two attached hydrogens (primary N) is 1. The van der Waals surface area contributed by atoms with E-state index >= 15 is 0 Å². The summed E-state index contributed by atoms with van der Waals surface area (Å²) in [5, 5.41) is 13.0. The van der Waals surface area contributed by atoms with Crippen molar-refractivity contribution in [1.82, 2.24) is 0 Å². The average Bonchev–Trinajstić information content (AvgIpc) is 2.46. The minimum absolute atomic E-state index is 0.157. The fourth-order valence-electron chi connectivity index (χ4n) is 1.74. The number of phenols is 1. The molecule has 0 unspecified atom stereocenters. The van der Waals surface area contributed by atoms with Crippen LogP contribution in [0.25, 0.3) is 0 Å². The molecule has 21 heavy (non-hydrogen) atoms. The Kier molecular flexibility index (Phi) is 5.05. The minimum Gasteiger partial charge on any atom is -0.508 e. The molecule has 2 aromatic rings. The SMILES string of the molecule is NC(=O)COc1cccc(NCc2cc(Br)ccc2O)c1. The zero-order chi connectivity index (χ0) is 15.2. The highest BCUT2D eigenvalue weighted by Gasteiger charge is 2.03. The third-order valence-corrected chi connectivity index (χ3v) is 3.23. The van der Waals surface area contributed by atoms with Crippen LogP contribution < -0.4 is 15.8 Å². The molecule has 0 aliphatic rings. The van der Waals surface area contributed by atoms with E-state index in [-0.39, 0.29) is 12.4 Å². The summed E-state index contributed by atoms with van der Waals surface area (Å²) < 4.78 is 6.13. The summed E-state index contributed by atoms with van der Waals surface area (Å²) in [6.45, 7) is 0.306. The van der Waals surface area contributed by atoms with E-state index in [1.165, 1.54) is 0 Å². The van der Waals surface area contributed by atoms with Crippen LogP contribution in [0.15, 0.2) is 46.9 Å². The summed E-state index contributed by atoms with van der Waals surface area (Å²) in [7, 11) is 0. The Labute approximate surface area is 130 Å². The first-order valence-electron chi connectivity index (χ1n) is 6.27. The van der Waals surface area contributed by atoms with E-state index < -0.39 is 5.91 Å². The van der Waals surface area contributed by atoms with Crippen molar-refractivity contribution in [2.24, 2.45) is 5.73 Å². The van der Waals surface area contributed by atoms with E-state index in [1.807, 2.05) is 12.1 Å². The lowest BCUT2D eigenvalue weighted by Gasteiger charge is -2.10. The summed E-state index contributed by atoms with van der Waals surface area (Å²) in [4.78, 5) is 10.7. The van der Waals surface area contributed by atoms with Crippen LogP contribution in [0.2, 0.25) is 0 Å².